The van der Waals surface area contributed by atoms with Gasteiger partial charge in [-0.3, -0.25) is 0 Å². The van der Waals surface area contributed by atoms with Gasteiger partial charge in [0.05, 0.1) is 24.8 Å². The number of halogens is 1. The van der Waals surface area contributed by atoms with Crippen LogP contribution in [0.5, 0.6) is 11.5 Å². The normalized spacial score (nSPS) is 10.6. The summed E-state index contributed by atoms with van der Waals surface area (Å²) in [6.07, 6.45) is 0. The van der Waals surface area contributed by atoms with Gasteiger partial charge in [0, 0.05) is 0 Å². The first-order valence-corrected chi connectivity index (χ1v) is 4.89. The Bertz CT molecular complexity index is 560. The molecule has 0 aliphatic heterocycles. The minimum absolute atomic E-state index is 0.271. The maximum Gasteiger partial charge on any atom is 0.267 e. The van der Waals surface area contributed by atoms with E-state index in [1.807, 2.05) is 0 Å². The molecule has 0 saturated carbocycles. The van der Waals surface area contributed by atoms with Crippen molar-refractivity contribution in [3.8, 4) is 11.5 Å². The number of rotatable bonds is 2. The number of nitrogens with one attached hydrogen (secondary N) is 1. The number of aromatic nitrogens is 1. The summed E-state index contributed by atoms with van der Waals surface area (Å²) in [5.41, 5.74) is 1.19. The van der Waals surface area contributed by atoms with Gasteiger partial charge in [-0.1, -0.05) is 11.6 Å². The first kappa shape index (κ1) is 10.3. The lowest BCUT2D eigenvalue weighted by Gasteiger charge is -2.08. The van der Waals surface area contributed by atoms with E-state index in [9.17, 15) is 0 Å². The lowest BCUT2D eigenvalue weighted by molar-refractivity contribution is 0.353. The molecule has 1 aromatic heterocycles. The molecule has 0 aliphatic carbocycles. The standard InChI is InChI=1S/C9H8ClNO3S/c1-12-6-4(10)3-5-7(8(6)13-2)14-9(15)11-5/h3H,1-2H3,(H,11,15). The summed E-state index contributed by atoms with van der Waals surface area (Å²) in [6.45, 7) is 0. The van der Waals surface area contributed by atoms with Gasteiger partial charge in [0.15, 0.2) is 11.3 Å². The van der Waals surface area contributed by atoms with Crippen LogP contribution in [0.4, 0.5) is 0 Å². The van der Waals surface area contributed by atoms with Crippen LogP contribution in [-0.2, 0) is 0 Å². The maximum atomic E-state index is 6.00. The van der Waals surface area contributed by atoms with Gasteiger partial charge < -0.3 is 18.9 Å². The van der Waals surface area contributed by atoms with E-state index in [-0.39, 0.29) is 4.84 Å². The quantitative estimate of drug-likeness (QED) is 0.826. The average molecular weight is 246 g/mol. The Balaban J connectivity index is 2.89. The van der Waals surface area contributed by atoms with Gasteiger partial charge in [-0.25, -0.2) is 0 Å². The van der Waals surface area contributed by atoms with Crippen LogP contribution in [0, 0.1) is 4.84 Å². The molecular formula is C9H8ClNO3S. The molecule has 1 heterocycles. The predicted octanol–water partition coefficient (Wildman–Crippen LogP) is 3.16. The van der Waals surface area contributed by atoms with Crippen molar-refractivity contribution in [1.82, 2.24) is 4.98 Å². The fraction of sp³-hybridized carbons (Fsp3) is 0.222. The fourth-order valence-corrected chi connectivity index (χ4v) is 1.86. The molecule has 0 amide bonds. The Morgan fingerprint density at radius 1 is 1.33 bits per heavy atom. The third-order valence-corrected chi connectivity index (χ3v) is 2.45. The van der Waals surface area contributed by atoms with Crippen LogP contribution in [0.2, 0.25) is 5.02 Å². The molecule has 1 N–H and O–H groups in total. The average Bonchev–Trinajstić information content (AvgIpc) is 2.55. The van der Waals surface area contributed by atoms with E-state index in [0.717, 1.165) is 0 Å². The van der Waals surface area contributed by atoms with Crippen LogP contribution >= 0.6 is 23.8 Å². The molecule has 0 radical (unpaired) electrons. The van der Waals surface area contributed by atoms with E-state index in [1.54, 1.807) is 6.07 Å². The summed E-state index contributed by atoms with van der Waals surface area (Å²) in [7, 11) is 3.02. The van der Waals surface area contributed by atoms with Gasteiger partial charge in [0.1, 0.15) is 0 Å². The molecule has 0 spiro atoms. The topological polar surface area (TPSA) is 47.4 Å². The molecule has 4 nitrogen and oxygen atoms in total. The number of H-pyrrole nitrogens is 1. The Morgan fingerprint density at radius 3 is 2.60 bits per heavy atom. The lowest BCUT2D eigenvalue weighted by atomic mass is 10.3. The minimum atomic E-state index is 0.271. The van der Waals surface area contributed by atoms with Crippen molar-refractivity contribution < 1.29 is 13.9 Å². The molecule has 2 rings (SSSR count). The van der Waals surface area contributed by atoms with Gasteiger partial charge in [0.2, 0.25) is 5.75 Å². The van der Waals surface area contributed by atoms with Gasteiger partial charge in [-0.05, 0) is 18.3 Å². The largest absolute Gasteiger partial charge is 0.491 e. The first-order chi connectivity index (χ1) is 7.17. The van der Waals surface area contributed by atoms with Gasteiger partial charge in [-0.15, -0.1) is 0 Å². The summed E-state index contributed by atoms with van der Waals surface area (Å²) in [6, 6.07) is 1.68. The number of hydrogen-bond donors (Lipinski definition) is 1. The molecular weight excluding hydrogens is 238 g/mol. The number of methoxy groups -OCH3 is 2. The van der Waals surface area contributed by atoms with Crippen LogP contribution in [0.3, 0.4) is 0 Å². The summed E-state index contributed by atoms with van der Waals surface area (Å²) in [5, 5.41) is 0.439. The molecule has 1 aromatic carbocycles. The second kappa shape index (κ2) is 3.75. The predicted molar refractivity (Wildman–Crippen MR) is 59.5 cm³/mol. The highest BCUT2D eigenvalue weighted by molar-refractivity contribution is 7.71. The van der Waals surface area contributed by atoms with E-state index in [0.29, 0.717) is 27.6 Å². The number of oxazole rings is 1. The highest BCUT2D eigenvalue weighted by Gasteiger charge is 2.16. The van der Waals surface area contributed by atoms with E-state index in [2.05, 4.69) is 4.98 Å². The van der Waals surface area contributed by atoms with Crippen LogP contribution in [-0.4, -0.2) is 19.2 Å². The zero-order valence-corrected chi connectivity index (χ0v) is 9.66. The minimum Gasteiger partial charge on any atom is -0.491 e. The number of fused-ring (bicyclic) bond motifs is 1. The fourth-order valence-electron chi connectivity index (χ4n) is 1.39. The molecule has 0 aliphatic rings. The van der Waals surface area contributed by atoms with Crippen molar-refractivity contribution in [2.75, 3.05) is 14.2 Å². The molecule has 15 heavy (non-hydrogen) atoms. The smallest absolute Gasteiger partial charge is 0.267 e. The first-order valence-electron chi connectivity index (χ1n) is 4.10. The summed E-state index contributed by atoms with van der Waals surface area (Å²) in [5.74, 6) is 0.872. The van der Waals surface area contributed by atoms with E-state index in [4.69, 9.17) is 37.7 Å². The van der Waals surface area contributed by atoms with Crippen LogP contribution < -0.4 is 9.47 Å². The number of aromatic amines is 1. The maximum absolute atomic E-state index is 6.00. The van der Waals surface area contributed by atoms with Crippen molar-refractivity contribution in [2.45, 2.75) is 0 Å². The van der Waals surface area contributed by atoms with Gasteiger partial charge >= 0.3 is 0 Å². The summed E-state index contributed by atoms with van der Waals surface area (Å²) >= 11 is 10.9. The zero-order valence-electron chi connectivity index (χ0n) is 8.09. The Labute approximate surface area is 95.7 Å². The van der Waals surface area contributed by atoms with E-state index >= 15 is 0 Å². The van der Waals surface area contributed by atoms with Crippen molar-refractivity contribution in [1.29, 1.82) is 0 Å². The highest BCUT2D eigenvalue weighted by Crippen LogP contribution is 2.41. The molecule has 0 bridgehead atoms. The Morgan fingerprint density at radius 2 is 2.00 bits per heavy atom. The Kier molecular flexibility index (Phi) is 2.58. The molecule has 6 heteroatoms. The van der Waals surface area contributed by atoms with Crippen LogP contribution in [0.15, 0.2) is 10.5 Å². The SMILES string of the molecule is COc1c(Cl)cc2[nH]c(=S)oc2c1OC. The molecule has 2 aromatic rings. The molecule has 0 fully saturated rings. The van der Waals surface area contributed by atoms with E-state index in [1.165, 1.54) is 14.2 Å². The van der Waals surface area contributed by atoms with Crippen molar-refractivity contribution in [2.24, 2.45) is 0 Å². The van der Waals surface area contributed by atoms with Crippen molar-refractivity contribution >= 4 is 34.9 Å². The molecule has 0 unspecified atom stereocenters. The molecule has 0 atom stereocenters. The van der Waals surface area contributed by atoms with Crippen molar-refractivity contribution in [3.63, 3.8) is 0 Å². The third-order valence-electron chi connectivity index (χ3n) is 1.98. The van der Waals surface area contributed by atoms with Crippen molar-refractivity contribution in [3.05, 3.63) is 15.9 Å². The molecule has 80 valence electrons. The Hall–Kier alpha value is -1.20. The number of benzene rings is 1. The number of ether oxygens (including phenoxy) is 2. The molecule has 0 saturated heterocycles. The summed E-state index contributed by atoms with van der Waals surface area (Å²) in [4.78, 5) is 3.12. The second-order valence-corrected chi connectivity index (χ2v) is 3.59. The van der Waals surface area contributed by atoms with Crippen LogP contribution in [0.1, 0.15) is 0 Å². The zero-order chi connectivity index (χ0) is 11.0. The highest BCUT2D eigenvalue weighted by atomic mass is 35.5. The lowest BCUT2D eigenvalue weighted by Crippen LogP contribution is -1.91. The second-order valence-electron chi connectivity index (χ2n) is 2.82. The van der Waals surface area contributed by atoms with Crippen LogP contribution in [0.25, 0.3) is 11.1 Å². The van der Waals surface area contributed by atoms with Gasteiger partial charge in [0.25, 0.3) is 4.84 Å². The number of hydrogen-bond acceptors (Lipinski definition) is 4. The third kappa shape index (κ3) is 1.57. The monoisotopic (exact) mass is 245 g/mol. The van der Waals surface area contributed by atoms with E-state index < -0.39 is 0 Å². The van der Waals surface area contributed by atoms with Gasteiger partial charge in [-0.2, -0.15) is 0 Å². The summed E-state index contributed by atoms with van der Waals surface area (Å²) < 4.78 is 15.6.